The van der Waals surface area contributed by atoms with Crippen LogP contribution in [0.2, 0.25) is 5.02 Å². The summed E-state index contributed by atoms with van der Waals surface area (Å²) in [6, 6.07) is 3.34. The van der Waals surface area contributed by atoms with E-state index >= 15 is 0 Å². The summed E-state index contributed by atoms with van der Waals surface area (Å²) in [6.45, 7) is 1.99. The number of aliphatic hydroxyl groups is 1. The molecule has 1 atom stereocenters. The Morgan fingerprint density at radius 1 is 1.40 bits per heavy atom. The molecule has 0 saturated heterocycles. The third-order valence-corrected chi connectivity index (χ3v) is 3.54. The van der Waals surface area contributed by atoms with Crippen LogP contribution in [0.4, 0.5) is 0 Å². The van der Waals surface area contributed by atoms with Gasteiger partial charge in [0.15, 0.2) is 0 Å². The van der Waals surface area contributed by atoms with Crippen LogP contribution in [-0.2, 0) is 19.9 Å². The maximum Gasteiger partial charge on any atom is 0.233 e. The maximum absolute atomic E-state index is 10.2. The Morgan fingerprint density at radius 3 is 2.65 bits per heavy atom. The number of nitrogens with zero attached hydrogens (tertiary/aromatic N) is 4. The molecule has 7 heteroatoms. The monoisotopic (exact) mass is 296 g/mol. The van der Waals surface area contributed by atoms with Crippen molar-refractivity contribution in [3.05, 3.63) is 34.2 Å². The van der Waals surface area contributed by atoms with E-state index in [1.807, 2.05) is 14.0 Å². The zero-order valence-electron chi connectivity index (χ0n) is 11.7. The second kappa shape index (κ2) is 6.19. The van der Waals surface area contributed by atoms with Crippen molar-refractivity contribution in [2.24, 2.45) is 7.05 Å². The lowest BCUT2D eigenvalue weighted by Crippen LogP contribution is -2.09. The average molecular weight is 297 g/mol. The molecule has 0 aromatic carbocycles. The van der Waals surface area contributed by atoms with Gasteiger partial charge >= 0.3 is 0 Å². The van der Waals surface area contributed by atoms with Crippen LogP contribution in [-0.4, -0.2) is 32.2 Å². The number of aliphatic hydroxyl groups excluding tert-OH is 1. The number of hydrogen-bond donors (Lipinski definition) is 1. The van der Waals surface area contributed by atoms with Crippen LogP contribution < -0.4 is 4.74 Å². The highest BCUT2D eigenvalue weighted by atomic mass is 35.5. The van der Waals surface area contributed by atoms with Gasteiger partial charge in [0.05, 0.1) is 29.2 Å². The van der Waals surface area contributed by atoms with Crippen LogP contribution in [0.25, 0.3) is 0 Å². The lowest BCUT2D eigenvalue weighted by Gasteiger charge is -2.10. The molecule has 0 spiro atoms. The van der Waals surface area contributed by atoms with Crippen molar-refractivity contribution in [2.75, 3.05) is 7.11 Å². The highest BCUT2D eigenvalue weighted by Crippen LogP contribution is 2.25. The van der Waals surface area contributed by atoms with Crippen LogP contribution in [0.1, 0.15) is 30.1 Å². The molecule has 2 rings (SSSR count). The highest BCUT2D eigenvalue weighted by Gasteiger charge is 2.18. The Balaban J connectivity index is 2.18. The first kappa shape index (κ1) is 14.7. The molecule has 1 unspecified atom stereocenters. The molecule has 108 valence electrons. The van der Waals surface area contributed by atoms with Gasteiger partial charge in [-0.15, -0.1) is 10.2 Å². The molecule has 1 N–H and O–H groups in total. The number of methoxy groups -OCH3 is 1. The molecule has 0 fully saturated rings. The molecule has 6 nitrogen and oxygen atoms in total. The van der Waals surface area contributed by atoms with Crippen LogP contribution in [0.15, 0.2) is 12.1 Å². The third-order valence-electron chi connectivity index (χ3n) is 3.10. The first-order valence-electron chi connectivity index (χ1n) is 6.32. The minimum absolute atomic E-state index is 0.337. The van der Waals surface area contributed by atoms with Gasteiger partial charge in [0, 0.05) is 19.5 Å². The van der Waals surface area contributed by atoms with Gasteiger partial charge in [0.2, 0.25) is 5.88 Å². The molecular formula is C13H17ClN4O2. The van der Waals surface area contributed by atoms with Gasteiger partial charge in [-0.2, -0.15) is 5.10 Å². The summed E-state index contributed by atoms with van der Waals surface area (Å²) in [7, 11) is 3.33. The molecule has 0 aliphatic carbocycles. The second-order valence-corrected chi connectivity index (χ2v) is 4.78. The molecule has 0 saturated carbocycles. The van der Waals surface area contributed by atoms with Crippen molar-refractivity contribution in [1.29, 1.82) is 0 Å². The van der Waals surface area contributed by atoms with Gasteiger partial charge in [0.25, 0.3) is 0 Å². The predicted octanol–water partition coefficient (Wildman–Crippen LogP) is 1.71. The second-order valence-electron chi connectivity index (χ2n) is 4.41. The Hall–Kier alpha value is -1.66. The Kier molecular flexibility index (Phi) is 4.57. The first-order valence-corrected chi connectivity index (χ1v) is 6.70. The quantitative estimate of drug-likeness (QED) is 0.909. The average Bonchev–Trinajstić information content (AvgIpc) is 2.74. The minimum atomic E-state index is -0.786. The Labute approximate surface area is 122 Å². The van der Waals surface area contributed by atoms with E-state index in [1.165, 1.54) is 7.11 Å². The SMILES string of the molecule is CCc1nn(C)c(CC(O)c2ccc(OC)nn2)c1Cl. The van der Waals surface area contributed by atoms with E-state index in [2.05, 4.69) is 15.3 Å². The molecule has 20 heavy (non-hydrogen) atoms. The fourth-order valence-electron chi connectivity index (χ4n) is 1.95. The predicted molar refractivity (Wildman–Crippen MR) is 74.8 cm³/mol. The van der Waals surface area contributed by atoms with E-state index in [0.717, 1.165) is 17.8 Å². The topological polar surface area (TPSA) is 73.1 Å². The highest BCUT2D eigenvalue weighted by molar-refractivity contribution is 6.31. The molecule has 2 aromatic heterocycles. The Morgan fingerprint density at radius 2 is 2.15 bits per heavy atom. The van der Waals surface area contributed by atoms with Gasteiger partial charge in [-0.3, -0.25) is 4.68 Å². The standard InChI is InChI=1S/C13H17ClN4O2/c1-4-8-13(14)10(18(2)17-8)7-11(19)9-5-6-12(20-3)16-15-9/h5-6,11,19H,4,7H2,1-3H3. The van der Waals surface area contributed by atoms with Crippen LogP contribution in [0.3, 0.4) is 0 Å². The summed E-state index contributed by atoms with van der Waals surface area (Å²) in [4.78, 5) is 0. The molecule has 2 heterocycles. The molecule has 2 aromatic rings. The summed E-state index contributed by atoms with van der Waals surface area (Å²) in [6.07, 6.45) is 0.306. The normalized spacial score (nSPS) is 12.4. The summed E-state index contributed by atoms with van der Waals surface area (Å²) in [5, 5.41) is 22.9. The van der Waals surface area contributed by atoms with Crippen molar-refractivity contribution in [2.45, 2.75) is 25.9 Å². The number of aryl methyl sites for hydroxylation is 2. The van der Waals surface area contributed by atoms with Crippen LogP contribution in [0.5, 0.6) is 5.88 Å². The Bertz CT molecular complexity index is 583. The minimum Gasteiger partial charge on any atom is -0.480 e. The fourth-order valence-corrected chi connectivity index (χ4v) is 2.32. The van der Waals surface area contributed by atoms with Gasteiger partial charge in [-0.05, 0) is 12.5 Å². The van der Waals surface area contributed by atoms with Gasteiger partial charge in [-0.25, -0.2) is 0 Å². The number of rotatable bonds is 5. The van der Waals surface area contributed by atoms with Gasteiger partial charge in [-0.1, -0.05) is 18.5 Å². The lowest BCUT2D eigenvalue weighted by molar-refractivity contribution is 0.169. The summed E-state index contributed by atoms with van der Waals surface area (Å²) in [5.41, 5.74) is 2.09. The maximum atomic E-state index is 10.2. The molecule has 0 amide bonds. The summed E-state index contributed by atoms with van der Waals surface area (Å²) < 4.78 is 6.63. The number of aromatic nitrogens is 4. The largest absolute Gasteiger partial charge is 0.480 e. The molecule has 0 aliphatic rings. The third kappa shape index (κ3) is 2.91. The molecule has 0 radical (unpaired) electrons. The van der Waals surface area contributed by atoms with Gasteiger partial charge in [0.1, 0.15) is 6.10 Å². The smallest absolute Gasteiger partial charge is 0.233 e. The van der Waals surface area contributed by atoms with Crippen molar-refractivity contribution in [1.82, 2.24) is 20.0 Å². The van der Waals surface area contributed by atoms with Crippen molar-refractivity contribution >= 4 is 11.6 Å². The van der Waals surface area contributed by atoms with E-state index < -0.39 is 6.10 Å². The van der Waals surface area contributed by atoms with Crippen molar-refractivity contribution in [3.8, 4) is 5.88 Å². The molecule has 0 aliphatic heterocycles. The van der Waals surface area contributed by atoms with Crippen molar-refractivity contribution < 1.29 is 9.84 Å². The number of ether oxygens (including phenoxy) is 1. The fraction of sp³-hybridized carbons (Fsp3) is 0.462. The zero-order chi connectivity index (χ0) is 14.7. The molecular weight excluding hydrogens is 280 g/mol. The van der Waals surface area contributed by atoms with E-state index in [9.17, 15) is 5.11 Å². The first-order chi connectivity index (χ1) is 9.56. The van der Waals surface area contributed by atoms with Crippen LogP contribution in [0, 0.1) is 0 Å². The summed E-state index contributed by atoms with van der Waals surface area (Å²) in [5.74, 6) is 0.410. The number of hydrogen-bond acceptors (Lipinski definition) is 5. The summed E-state index contributed by atoms with van der Waals surface area (Å²) >= 11 is 6.26. The van der Waals surface area contributed by atoms with E-state index in [1.54, 1.807) is 16.8 Å². The van der Waals surface area contributed by atoms with E-state index in [-0.39, 0.29) is 0 Å². The van der Waals surface area contributed by atoms with E-state index in [4.69, 9.17) is 16.3 Å². The zero-order valence-corrected chi connectivity index (χ0v) is 12.4. The number of halogens is 1. The van der Waals surface area contributed by atoms with Crippen molar-refractivity contribution in [3.63, 3.8) is 0 Å². The van der Waals surface area contributed by atoms with Gasteiger partial charge < -0.3 is 9.84 Å². The van der Waals surface area contributed by atoms with E-state index in [0.29, 0.717) is 23.0 Å². The van der Waals surface area contributed by atoms with Crippen LogP contribution >= 0.6 is 11.6 Å². The lowest BCUT2D eigenvalue weighted by atomic mass is 10.1. The molecule has 0 bridgehead atoms.